The third-order valence-electron chi connectivity index (χ3n) is 12.2. The zero-order chi connectivity index (χ0) is 44.6. The third-order valence-corrected chi connectivity index (χ3v) is 12.2. The Labute approximate surface area is 381 Å². The molecule has 0 N–H and O–H groups in total. The second-order valence-corrected chi connectivity index (χ2v) is 17.0. The number of hydrogen-bond donors (Lipinski definition) is 0. The number of benzene rings is 6. The highest BCUT2D eigenvalue weighted by Gasteiger charge is 2.24. The molecule has 0 bridgehead atoms. The van der Waals surface area contributed by atoms with E-state index >= 15 is 0 Å². The smallest absolute Gasteiger partial charge is 0.137 e. The predicted octanol–water partition coefficient (Wildman–Crippen LogP) is 16.7. The molecule has 10 aromatic rings. The van der Waals surface area contributed by atoms with Crippen LogP contribution in [0.1, 0.15) is 33.8 Å². The minimum atomic E-state index is 0.825. The van der Waals surface area contributed by atoms with Crippen molar-refractivity contribution in [1.82, 2.24) is 9.97 Å². The molecule has 0 aliphatic carbocycles. The number of furan rings is 2. The molecule has 0 atom stereocenters. The van der Waals surface area contributed by atoms with E-state index in [-0.39, 0.29) is 0 Å². The van der Waals surface area contributed by atoms with Crippen LogP contribution in [0.3, 0.4) is 0 Å². The SMILES string of the molecule is Cc1cc(C)c(-c2cc(-c3cc(-c4ccccc4)c(C)cn3)cc(N(c3cc(-c4cc(-c5ccccc5)c(C)cn4)cc(-c4oc(C)cc4C)c3)c3ccccc3-c3ccccc3)c2)o1. The van der Waals surface area contributed by atoms with Gasteiger partial charge in [0.05, 0.1) is 17.1 Å². The van der Waals surface area contributed by atoms with Crippen molar-refractivity contribution in [3.05, 3.63) is 222 Å². The van der Waals surface area contributed by atoms with Crippen LogP contribution in [0.4, 0.5) is 17.1 Å². The van der Waals surface area contributed by atoms with Crippen molar-refractivity contribution < 1.29 is 8.83 Å². The van der Waals surface area contributed by atoms with Crippen molar-refractivity contribution in [3.8, 4) is 78.5 Å². The van der Waals surface area contributed by atoms with Crippen LogP contribution in [-0.2, 0) is 0 Å². The highest BCUT2D eigenvalue weighted by molar-refractivity contribution is 5.93. The highest BCUT2D eigenvalue weighted by Crippen LogP contribution is 2.47. The molecule has 0 aliphatic heterocycles. The average Bonchev–Trinajstić information content (AvgIpc) is 3.87. The maximum Gasteiger partial charge on any atom is 0.137 e. The van der Waals surface area contributed by atoms with E-state index in [1.54, 1.807) is 0 Å². The third kappa shape index (κ3) is 8.21. The van der Waals surface area contributed by atoms with Crippen LogP contribution in [0, 0.1) is 41.5 Å². The lowest BCUT2D eigenvalue weighted by Gasteiger charge is -2.29. The molecule has 0 aliphatic rings. The lowest BCUT2D eigenvalue weighted by atomic mass is 9.95. The second kappa shape index (κ2) is 17.3. The fourth-order valence-electron chi connectivity index (χ4n) is 9.07. The molecule has 5 heteroatoms. The number of aromatic nitrogens is 2. The standard InChI is InChI=1S/C60H49N3O2/c1-38-26-42(5)64-59(38)49-28-47(56-34-54(40(3)36-61-56)45-20-12-8-13-21-45)30-51(32-49)63(58-25-17-16-24-53(58)44-18-10-7-11-19-44)52-31-48(29-50(33-52)60-39(2)27-43(6)65-60)57-35-55(41(4)37-62-57)46-22-14-9-15-23-46/h7-37H,1-6H3. The molecule has 4 heterocycles. The fraction of sp³-hybridized carbons (Fsp3) is 0.100. The van der Waals surface area contributed by atoms with Gasteiger partial charge in [-0.25, -0.2) is 0 Å². The lowest BCUT2D eigenvalue weighted by molar-refractivity contribution is 0.547. The molecule has 0 amide bonds. The Morgan fingerprint density at radius 1 is 0.338 bits per heavy atom. The van der Waals surface area contributed by atoms with Gasteiger partial charge >= 0.3 is 0 Å². The quantitative estimate of drug-likeness (QED) is 0.137. The fourth-order valence-corrected chi connectivity index (χ4v) is 9.07. The summed E-state index contributed by atoms with van der Waals surface area (Å²) in [5.41, 5.74) is 19.6. The van der Waals surface area contributed by atoms with Crippen LogP contribution in [0.25, 0.3) is 78.5 Å². The number of anilines is 3. The van der Waals surface area contributed by atoms with Gasteiger partial charge in [0, 0.05) is 51.6 Å². The van der Waals surface area contributed by atoms with Gasteiger partial charge in [0.2, 0.25) is 0 Å². The summed E-state index contributed by atoms with van der Waals surface area (Å²) in [6, 6.07) is 62.4. The summed E-state index contributed by atoms with van der Waals surface area (Å²) in [7, 11) is 0. The largest absolute Gasteiger partial charge is 0.461 e. The highest BCUT2D eigenvalue weighted by atomic mass is 16.3. The second-order valence-electron chi connectivity index (χ2n) is 17.0. The van der Waals surface area contributed by atoms with Crippen LogP contribution >= 0.6 is 0 Å². The van der Waals surface area contributed by atoms with Crippen LogP contribution in [0.15, 0.2) is 197 Å². The van der Waals surface area contributed by atoms with Gasteiger partial charge in [-0.3, -0.25) is 9.97 Å². The van der Waals surface area contributed by atoms with Crippen molar-refractivity contribution in [2.24, 2.45) is 0 Å². The van der Waals surface area contributed by atoms with Crippen molar-refractivity contribution in [2.75, 3.05) is 4.90 Å². The molecule has 0 unspecified atom stereocenters. The molecule has 0 saturated carbocycles. The summed E-state index contributed by atoms with van der Waals surface area (Å²) in [5, 5.41) is 0. The van der Waals surface area contributed by atoms with E-state index in [2.05, 4.69) is 209 Å². The van der Waals surface area contributed by atoms with Gasteiger partial charge in [-0.05, 0) is 158 Å². The number of rotatable bonds is 10. The van der Waals surface area contributed by atoms with E-state index < -0.39 is 0 Å². The molecular formula is C60H49N3O2. The minimum absolute atomic E-state index is 0.825. The van der Waals surface area contributed by atoms with Crippen molar-refractivity contribution in [1.29, 1.82) is 0 Å². The van der Waals surface area contributed by atoms with Gasteiger partial charge in [0.15, 0.2) is 0 Å². The topological polar surface area (TPSA) is 55.3 Å². The molecule has 316 valence electrons. The van der Waals surface area contributed by atoms with Crippen LogP contribution in [0.2, 0.25) is 0 Å². The first kappa shape index (κ1) is 41.0. The lowest BCUT2D eigenvalue weighted by Crippen LogP contribution is -2.12. The van der Waals surface area contributed by atoms with Crippen molar-refractivity contribution >= 4 is 17.1 Å². The summed E-state index contributed by atoms with van der Waals surface area (Å²) in [6.45, 7) is 12.5. The molecule has 10 rings (SSSR count). The van der Waals surface area contributed by atoms with E-state index in [1.165, 1.54) is 0 Å². The van der Waals surface area contributed by atoms with E-state index in [9.17, 15) is 0 Å². The zero-order valence-electron chi connectivity index (χ0n) is 37.6. The molecule has 0 saturated heterocycles. The molecule has 65 heavy (non-hydrogen) atoms. The Bertz CT molecular complexity index is 3140. The minimum Gasteiger partial charge on any atom is -0.461 e. The Hall–Kier alpha value is -8.02. The molecule has 0 radical (unpaired) electrons. The van der Waals surface area contributed by atoms with Gasteiger partial charge in [0.25, 0.3) is 0 Å². The average molecular weight is 844 g/mol. The maximum atomic E-state index is 6.51. The Morgan fingerprint density at radius 2 is 0.723 bits per heavy atom. The number of para-hydroxylation sites is 1. The van der Waals surface area contributed by atoms with Gasteiger partial charge in [0.1, 0.15) is 23.0 Å². The number of hydrogen-bond acceptors (Lipinski definition) is 5. The van der Waals surface area contributed by atoms with Gasteiger partial charge in [-0.1, -0.05) is 109 Å². The van der Waals surface area contributed by atoms with Crippen molar-refractivity contribution in [3.63, 3.8) is 0 Å². The molecule has 4 aromatic heterocycles. The molecule has 5 nitrogen and oxygen atoms in total. The zero-order valence-corrected chi connectivity index (χ0v) is 37.6. The monoisotopic (exact) mass is 843 g/mol. The summed E-state index contributed by atoms with van der Waals surface area (Å²) < 4.78 is 13.0. The molecule has 0 spiro atoms. The van der Waals surface area contributed by atoms with E-state index in [4.69, 9.17) is 18.8 Å². The summed E-state index contributed by atoms with van der Waals surface area (Å²) in [5.74, 6) is 3.37. The first-order valence-electron chi connectivity index (χ1n) is 22.1. The molecular weight excluding hydrogens is 795 g/mol. The van der Waals surface area contributed by atoms with E-state index in [1.807, 2.05) is 26.2 Å². The first-order valence-corrected chi connectivity index (χ1v) is 22.1. The maximum absolute atomic E-state index is 6.51. The summed E-state index contributed by atoms with van der Waals surface area (Å²) in [6.07, 6.45) is 3.97. The number of pyridine rings is 2. The van der Waals surface area contributed by atoms with Gasteiger partial charge in [-0.2, -0.15) is 0 Å². The van der Waals surface area contributed by atoms with Gasteiger partial charge < -0.3 is 13.7 Å². The Kier molecular flexibility index (Phi) is 10.9. The van der Waals surface area contributed by atoms with Crippen molar-refractivity contribution in [2.45, 2.75) is 41.5 Å². The first-order chi connectivity index (χ1) is 31.7. The summed E-state index contributed by atoms with van der Waals surface area (Å²) >= 11 is 0. The number of aryl methyl sites for hydroxylation is 6. The summed E-state index contributed by atoms with van der Waals surface area (Å²) in [4.78, 5) is 12.6. The number of nitrogens with zero attached hydrogens (tertiary/aromatic N) is 3. The molecule has 6 aromatic carbocycles. The van der Waals surface area contributed by atoms with Gasteiger partial charge in [-0.15, -0.1) is 0 Å². The Morgan fingerprint density at radius 3 is 1.14 bits per heavy atom. The van der Waals surface area contributed by atoms with Crippen LogP contribution in [0.5, 0.6) is 0 Å². The van der Waals surface area contributed by atoms with E-state index in [0.29, 0.717) is 0 Å². The van der Waals surface area contributed by atoms with E-state index in [0.717, 1.165) is 129 Å². The normalized spacial score (nSPS) is 11.2. The molecule has 0 fully saturated rings. The predicted molar refractivity (Wildman–Crippen MR) is 268 cm³/mol. The van der Waals surface area contributed by atoms with Crippen LogP contribution < -0.4 is 4.90 Å². The van der Waals surface area contributed by atoms with Crippen LogP contribution in [-0.4, -0.2) is 9.97 Å². The Balaban J connectivity index is 1.27.